The Morgan fingerprint density at radius 3 is 2.05 bits per heavy atom. The second-order valence-corrected chi connectivity index (χ2v) is 3.83. The number of carboxylic acids is 1. The molecule has 1 N–H and O–H groups in total. The molecule has 0 spiro atoms. The maximum Gasteiger partial charge on any atom is 0.325 e. The number of amides is 2. The van der Waals surface area contributed by atoms with Gasteiger partial charge in [-0.25, -0.2) is 4.79 Å². The fourth-order valence-electron chi connectivity index (χ4n) is 1.50. The molecule has 0 saturated heterocycles. The maximum atomic E-state index is 12.1. The van der Waals surface area contributed by atoms with E-state index in [0.717, 1.165) is 0 Å². The minimum absolute atomic E-state index is 0.115. The quantitative estimate of drug-likeness (QED) is 0.661. The number of hydrogen-bond donors (Lipinski definition) is 1. The number of rotatable bonds is 8. The van der Waals surface area contributed by atoms with Crippen LogP contribution in [-0.2, 0) is 14.3 Å². The number of urea groups is 1. The highest BCUT2D eigenvalue weighted by Crippen LogP contribution is 2.01. The van der Waals surface area contributed by atoms with Crippen molar-refractivity contribution in [3.05, 3.63) is 0 Å². The van der Waals surface area contributed by atoms with Crippen LogP contribution < -0.4 is 0 Å². The fraction of sp³-hybridized carbons (Fsp3) is 0.750. The second-order valence-electron chi connectivity index (χ2n) is 3.83. The SMILES string of the molecule is CCOC(=O)CN(CC)C(=O)N(CC)CCC(=O)O. The molecule has 0 aliphatic rings. The molecule has 2 amide bonds. The zero-order chi connectivity index (χ0) is 14.8. The monoisotopic (exact) mass is 274 g/mol. The van der Waals surface area contributed by atoms with Crippen LogP contribution >= 0.6 is 0 Å². The molecule has 0 aromatic rings. The van der Waals surface area contributed by atoms with Crippen molar-refractivity contribution >= 4 is 18.0 Å². The Hall–Kier alpha value is -1.79. The molecule has 0 aromatic heterocycles. The van der Waals surface area contributed by atoms with E-state index < -0.39 is 11.9 Å². The van der Waals surface area contributed by atoms with Crippen LogP contribution in [0.4, 0.5) is 4.79 Å². The van der Waals surface area contributed by atoms with Crippen molar-refractivity contribution < 1.29 is 24.2 Å². The molecule has 0 radical (unpaired) electrons. The van der Waals surface area contributed by atoms with Gasteiger partial charge >= 0.3 is 18.0 Å². The minimum atomic E-state index is -0.959. The Kier molecular flexibility index (Phi) is 8.32. The summed E-state index contributed by atoms with van der Waals surface area (Å²) in [4.78, 5) is 36.7. The summed E-state index contributed by atoms with van der Waals surface area (Å²) in [6, 6.07) is -0.348. The molecular formula is C12H22N2O5. The lowest BCUT2D eigenvalue weighted by molar-refractivity contribution is -0.144. The third-order valence-electron chi connectivity index (χ3n) is 2.53. The van der Waals surface area contributed by atoms with Gasteiger partial charge in [-0.2, -0.15) is 0 Å². The average Bonchev–Trinajstić information content (AvgIpc) is 2.36. The van der Waals surface area contributed by atoms with Crippen LogP contribution in [0.25, 0.3) is 0 Å². The third kappa shape index (κ3) is 6.64. The van der Waals surface area contributed by atoms with E-state index >= 15 is 0 Å². The summed E-state index contributed by atoms with van der Waals surface area (Å²) >= 11 is 0. The highest BCUT2D eigenvalue weighted by Gasteiger charge is 2.21. The molecule has 0 unspecified atom stereocenters. The standard InChI is InChI=1S/C12H22N2O5/c1-4-13(8-7-10(15)16)12(18)14(5-2)9-11(17)19-6-3/h4-9H2,1-3H3,(H,15,16). The molecule has 7 nitrogen and oxygen atoms in total. The molecule has 0 aliphatic heterocycles. The first-order valence-corrected chi connectivity index (χ1v) is 6.37. The normalized spacial score (nSPS) is 9.84. The van der Waals surface area contributed by atoms with Crippen molar-refractivity contribution in [3.63, 3.8) is 0 Å². The van der Waals surface area contributed by atoms with Gasteiger partial charge in [-0.05, 0) is 20.8 Å². The van der Waals surface area contributed by atoms with E-state index in [9.17, 15) is 14.4 Å². The van der Waals surface area contributed by atoms with Gasteiger partial charge in [0.2, 0.25) is 0 Å². The van der Waals surface area contributed by atoms with Gasteiger partial charge in [0.25, 0.3) is 0 Å². The Balaban J connectivity index is 4.51. The molecule has 0 saturated carbocycles. The number of carbonyl (C=O) groups is 3. The van der Waals surface area contributed by atoms with Crippen LogP contribution in [0, 0.1) is 0 Å². The number of ether oxygens (including phenoxy) is 1. The van der Waals surface area contributed by atoms with Gasteiger partial charge in [0.1, 0.15) is 6.54 Å². The van der Waals surface area contributed by atoms with Gasteiger partial charge in [0, 0.05) is 19.6 Å². The molecule has 110 valence electrons. The maximum absolute atomic E-state index is 12.1. The summed E-state index contributed by atoms with van der Waals surface area (Å²) in [7, 11) is 0. The summed E-state index contributed by atoms with van der Waals surface area (Å²) in [5.41, 5.74) is 0. The van der Waals surface area contributed by atoms with Crippen LogP contribution in [0.15, 0.2) is 0 Å². The Morgan fingerprint density at radius 2 is 1.63 bits per heavy atom. The van der Waals surface area contributed by atoms with Crippen LogP contribution in [0.2, 0.25) is 0 Å². The highest BCUT2D eigenvalue weighted by atomic mass is 16.5. The van der Waals surface area contributed by atoms with Crippen molar-refractivity contribution in [2.75, 3.05) is 32.8 Å². The first kappa shape index (κ1) is 17.2. The van der Waals surface area contributed by atoms with E-state index in [1.54, 1.807) is 20.8 Å². The number of carboxylic acid groups (broad SMARTS) is 1. The number of esters is 1. The topological polar surface area (TPSA) is 87.2 Å². The van der Waals surface area contributed by atoms with Crippen molar-refractivity contribution in [2.24, 2.45) is 0 Å². The van der Waals surface area contributed by atoms with Crippen molar-refractivity contribution in [1.82, 2.24) is 9.80 Å². The molecule has 0 aromatic carbocycles. The number of likely N-dealkylation sites (N-methyl/N-ethyl adjacent to an activating group) is 1. The predicted octanol–water partition coefficient (Wildman–Crippen LogP) is 0.788. The van der Waals surface area contributed by atoms with Gasteiger partial charge in [-0.1, -0.05) is 0 Å². The summed E-state index contributed by atoms with van der Waals surface area (Å²) in [5.74, 6) is -1.42. The molecule has 7 heteroatoms. The highest BCUT2D eigenvalue weighted by molar-refractivity contribution is 5.81. The van der Waals surface area contributed by atoms with Gasteiger partial charge in [-0.3, -0.25) is 9.59 Å². The van der Waals surface area contributed by atoms with Gasteiger partial charge in [-0.15, -0.1) is 0 Å². The molecule has 0 fully saturated rings. The van der Waals surface area contributed by atoms with E-state index in [1.165, 1.54) is 9.80 Å². The molecular weight excluding hydrogens is 252 g/mol. The van der Waals surface area contributed by atoms with Crippen molar-refractivity contribution in [1.29, 1.82) is 0 Å². The van der Waals surface area contributed by atoms with Crippen LogP contribution in [-0.4, -0.2) is 65.7 Å². The van der Waals surface area contributed by atoms with E-state index in [1.807, 2.05) is 0 Å². The van der Waals surface area contributed by atoms with E-state index in [4.69, 9.17) is 9.84 Å². The third-order valence-corrected chi connectivity index (χ3v) is 2.53. The van der Waals surface area contributed by atoms with Gasteiger partial charge in [0.05, 0.1) is 13.0 Å². The zero-order valence-corrected chi connectivity index (χ0v) is 11.7. The summed E-state index contributed by atoms with van der Waals surface area (Å²) < 4.78 is 4.79. The first-order valence-electron chi connectivity index (χ1n) is 6.37. The number of aliphatic carboxylic acids is 1. The van der Waals surface area contributed by atoms with Gasteiger partial charge < -0.3 is 19.6 Å². The molecule has 19 heavy (non-hydrogen) atoms. The van der Waals surface area contributed by atoms with Crippen LogP contribution in [0.3, 0.4) is 0 Å². The van der Waals surface area contributed by atoms with Gasteiger partial charge in [0.15, 0.2) is 0 Å². The smallest absolute Gasteiger partial charge is 0.325 e. The molecule has 0 aliphatic carbocycles. The molecule has 0 bridgehead atoms. The number of nitrogens with zero attached hydrogens (tertiary/aromatic N) is 2. The van der Waals surface area contributed by atoms with Crippen molar-refractivity contribution in [3.8, 4) is 0 Å². The van der Waals surface area contributed by atoms with E-state index in [2.05, 4.69) is 0 Å². The largest absolute Gasteiger partial charge is 0.481 e. The zero-order valence-electron chi connectivity index (χ0n) is 11.7. The fourth-order valence-corrected chi connectivity index (χ4v) is 1.50. The first-order chi connectivity index (χ1) is 8.96. The van der Waals surface area contributed by atoms with Crippen LogP contribution in [0.1, 0.15) is 27.2 Å². The number of hydrogen-bond acceptors (Lipinski definition) is 4. The average molecular weight is 274 g/mol. The lowest BCUT2D eigenvalue weighted by Crippen LogP contribution is -2.46. The van der Waals surface area contributed by atoms with E-state index in [0.29, 0.717) is 13.1 Å². The Morgan fingerprint density at radius 1 is 1.05 bits per heavy atom. The van der Waals surface area contributed by atoms with Crippen LogP contribution in [0.5, 0.6) is 0 Å². The Bertz CT molecular complexity index is 319. The molecule has 0 heterocycles. The predicted molar refractivity (Wildman–Crippen MR) is 68.8 cm³/mol. The summed E-state index contributed by atoms with van der Waals surface area (Å²) in [6.07, 6.45) is -0.115. The van der Waals surface area contributed by atoms with Crippen molar-refractivity contribution in [2.45, 2.75) is 27.2 Å². The number of carbonyl (C=O) groups excluding carboxylic acids is 2. The minimum Gasteiger partial charge on any atom is -0.481 e. The summed E-state index contributed by atoms with van der Waals surface area (Å²) in [5, 5.41) is 8.63. The lowest BCUT2D eigenvalue weighted by atomic mass is 10.4. The Labute approximate surface area is 113 Å². The second kappa shape index (κ2) is 9.18. The summed E-state index contributed by atoms with van der Waals surface area (Å²) in [6.45, 7) is 6.24. The van der Waals surface area contributed by atoms with E-state index in [-0.39, 0.29) is 32.1 Å². The lowest BCUT2D eigenvalue weighted by Gasteiger charge is -2.28. The molecule has 0 rings (SSSR count). The molecule has 0 atom stereocenters.